The van der Waals surface area contributed by atoms with Gasteiger partial charge in [0, 0.05) is 12.4 Å². The second-order valence-corrected chi connectivity index (χ2v) is 4.34. The third-order valence-electron chi connectivity index (χ3n) is 2.93. The molecule has 0 aromatic carbocycles. The molecule has 0 aliphatic heterocycles. The van der Waals surface area contributed by atoms with Crippen LogP contribution in [0.5, 0.6) is 0 Å². The Balaban J connectivity index is 2.56. The van der Waals surface area contributed by atoms with Gasteiger partial charge in [-0.3, -0.25) is 4.98 Å². The van der Waals surface area contributed by atoms with Crippen LogP contribution in [0.3, 0.4) is 0 Å². The Kier molecular flexibility index (Phi) is 5.33. The van der Waals surface area contributed by atoms with Crippen molar-refractivity contribution < 1.29 is 0 Å². The van der Waals surface area contributed by atoms with Crippen LogP contribution < -0.4 is 5.73 Å². The van der Waals surface area contributed by atoms with Crippen LogP contribution in [0.25, 0.3) is 0 Å². The van der Waals surface area contributed by atoms with Gasteiger partial charge in [-0.15, -0.1) is 0 Å². The molecule has 0 aliphatic carbocycles. The lowest BCUT2D eigenvalue weighted by Gasteiger charge is -2.19. The van der Waals surface area contributed by atoms with Crippen molar-refractivity contribution in [2.75, 3.05) is 6.54 Å². The molecule has 0 amide bonds. The van der Waals surface area contributed by atoms with Gasteiger partial charge in [-0.25, -0.2) is 0 Å². The van der Waals surface area contributed by atoms with Gasteiger partial charge in [0.2, 0.25) is 0 Å². The maximum atomic E-state index is 5.83. The SMILES string of the molecule is CCCC(C)CC(CN)c1ccncc1. The van der Waals surface area contributed by atoms with E-state index in [9.17, 15) is 0 Å². The van der Waals surface area contributed by atoms with Crippen LogP contribution in [0.1, 0.15) is 44.6 Å². The Morgan fingerprint density at radius 1 is 1.33 bits per heavy atom. The Morgan fingerprint density at radius 2 is 2.00 bits per heavy atom. The number of pyridine rings is 1. The molecule has 1 rings (SSSR count). The number of nitrogens with two attached hydrogens (primary N) is 1. The van der Waals surface area contributed by atoms with Crippen LogP contribution in [0.2, 0.25) is 0 Å². The average Bonchev–Trinajstić information content (AvgIpc) is 2.27. The first-order valence-corrected chi connectivity index (χ1v) is 5.87. The lowest BCUT2D eigenvalue weighted by Crippen LogP contribution is -2.15. The molecule has 2 heteroatoms. The van der Waals surface area contributed by atoms with Crippen LogP contribution in [-0.2, 0) is 0 Å². The third-order valence-corrected chi connectivity index (χ3v) is 2.93. The lowest BCUT2D eigenvalue weighted by atomic mass is 9.88. The monoisotopic (exact) mass is 206 g/mol. The molecule has 0 saturated heterocycles. The Bertz CT molecular complexity index is 258. The number of aromatic nitrogens is 1. The summed E-state index contributed by atoms with van der Waals surface area (Å²) in [6.07, 6.45) is 7.44. The zero-order chi connectivity index (χ0) is 11.1. The molecule has 15 heavy (non-hydrogen) atoms. The van der Waals surface area contributed by atoms with Gasteiger partial charge in [-0.2, -0.15) is 0 Å². The molecule has 1 heterocycles. The molecule has 1 aromatic heterocycles. The van der Waals surface area contributed by atoms with Gasteiger partial charge in [-0.05, 0) is 42.5 Å². The summed E-state index contributed by atoms with van der Waals surface area (Å²) in [4.78, 5) is 4.04. The second kappa shape index (κ2) is 6.57. The summed E-state index contributed by atoms with van der Waals surface area (Å²) >= 11 is 0. The van der Waals surface area contributed by atoms with Crippen LogP contribution in [-0.4, -0.2) is 11.5 Å². The Labute approximate surface area is 92.9 Å². The van der Waals surface area contributed by atoms with Gasteiger partial charge in [0.05, 0.1) is 0 Å². The summed E-state index contributed by atoms with van der Waals surface area (Å²) < 4.78 is 0. The highest BCUT2D eigenvalue weighted by atomic mass is 14.6. The fourth-order valence-electron chi connectivity index (χ4n) is 2.10. The summed E-state index contributed by atoms with van der Waals surface area (Å²) in [7, 11) is 0. The molecule has 0 saturated carbocycles. The number of hydrogen-bond donors (Lipinski definition) is 1. The second-order valence-electron chi connectivity index (χ2n) is 4.34. The van der Waals surface area contributed by atoms with Crippen molar-refractivity contribution in [3.63, 3.8) is 0 Å². The highest BCUT2D eigenvalue weighted by Crippen LogP contribution is 2.24. The van der Waals surface area contributed by atoms with E-state index in [0.717, 1.165) is 12.5 Å². The van der Waals surface area contributed by atoms with E-state index in [2.05, 4.69) is 31.0 Å². The molecule has 1 aromatic rings. The predicted octanol–water partition coefficient (Wildman–Crippen LogP) is 2.95. The van der Waals surface area contributed by atoms with Crippen molar-refractivity contribution in [2.24, 2.45) is 11.7 Å². The molecule has 0 radical (unpaired) electrons. The maximum Gasteiger partial charge on any atom is 0.0270 e. The zero-order valence-corrected chi connectivity index (χ0v) is 9.82. The van der Waals surface area contributed by atoms with Gasteiger partial charge >= 0.3 is 0 Å². The van der Waals surface area contributed by atoms with E-state index < -0.39 is 0 Å². The number of hydrogen-bond acceptors (Lipinski definition) is 2. The molecule has 0 spiro atoms. The Morgan fingerprint density at radius 3 is 2.53 bits per heavy atom. The quantitative estimate of drug-likeness (QED) is 0.777. The summed E-state index contributed by atoms with van der Waals surface area (Å²) in [6.45, 7) is 5.28. The van der Waals surface area contributed by atoms with Crippen molar-refractivity contribution in [2.45, 2.75) is 39.0 Å². The van der Waals surface area contributed by atoms with Crippen molar-refractivity contribution in [3.8, 4) is 0 Å². The fourth-order valence-corrected chi connectivity index (χ4v) is 2.10. The van der Waals surface area contributed by atoms with Crippen LogP contribution in [0.4, 0.5) is 0 Å². The molecular formula is C13H22N2. The van der Waals surface area contributed by atoms with E-state index in [-0.39, 0.29) is 0 Å². The molecule has 0 aliphatic rings. The van der Waals surface area contributed by atoms with Crippen molar-refractivity contribution in [1.82, 2.24) is 4.98 Å². The van der Waals surface area contributed by atoms with E-state index in [1.807, 2.05) is 12.4 Å². The lowest BCUT2D eigenvalue weighted by molar-refractivity contribution is 0.438. The molecule has 2 unspecified atom stereocenters. The minimum atomic E-state index is 0.495. The average molecular weight is 206 g/mol. The van der Waals surface area contributed by atoms with Crippen molar-refractivity contribution >= 4 is 0 Å². The summed E-state index contributed by atoms with van der Waals surface area (Å²) in [5.41, 5.74) is 7.16. The smallest absolute Gasteiger partial charge is 0.0270 e. The first kappa shape index (κ1) is 12.2. The standard InChI is InChI=1S/C13H22N2/c1-3-4-11(2)9-13(10-14)12-5-7-15-8-6-12/h5-8,11,13H,3-4,9-10,14H2,1-2H3. The van der Waals surface area contributed by atoms with E-state index in [1.54, 1.807) is 0 Å². The summed E-state index contributed by atoms with van der Waals surface area (Å²) in [5, 5.41) is 0. The van der Waals surface area contributed by atoms with E-state index in [0.29, 0.717) is 5.92 Å². The topological polar surface area (TPSA) is 38.9 Å². The highest BCUT2D eigenvalue weighted by molar-refractivity contribution is 5.16. The normalized spacial score (nSPS) is 14.9. The molecule has 84 valence electrons. The first-order valence-electron chi connectivity index (χ1n) is 5.87. The molecule has 0 bridgehead atoms. The number of rotatable bonds is 6. The van der Waals surface area contributed by atoms with Crippen molar-refractivity contribution in [3.05, 3.63) is 30.1 Å². The van der Waals surface area contributed by atoms with E-state index in [4.69, 9.17) is 5.73 Å². The van der Waals surface area contributed by atoms with Gasteiger partial charge in [0.15, 0.2) is 0 Å². The highest BCUT2D eigenvalue weighted by Gasteiger charge is 2.13. The molecule has 2 N–H and O–H groups in total. The van der Waals surface area contributed by atoms with Crippen LogP contribution >= 0.6 is 0 Å². The largest absolute Gasteiger partial charge is 0.330 e. The molecular weight excluding hydrogens is 184 g/mol. The minimum Gasteiger partial charge on any atom is -0.330 e. The van der Waals surface area contributed by atoms with Gasteiger partial charge < -0.3 is 5.73 Å². The number of nitrogens with zero attached hydrogens (tertiary/aromatic N) is 1. The van der Waals surface area contributed by atoms with Crippen LogP contribution in [0.15, 0.2) is 24.5 Å². The molecule has 2 nitrogen and oxygen atoms in total. The Hall–Kier alpha value is -0.890. The van der Waals surface area contributed by atoms with Gasteiger partial charge in [0.25, 0.3) is 0 Å². The van der Waals surface area contributed by atoms with Gasteiger partial charge in [0.1, 0.15) is 0 Å². The predicted molar refractivity (Wildman–Crippen MR) is 64.7 cm³/mol. The van der Waals surface area contributed by atoms with Crippen molar-refractivity contribution in [1.29, 1.82) is 0 Å². The van der Waals surface area contributed by atoms with Gasteiger partial charge in [-0.1, -0.05) is 26.7 Å². The minimum absolute atomic E-state index is 0.495. The van der Waals surface area contributed by atoms with Crippen LogP contribution in [0, 0.1) is 5.92 Å². The van der Waals surface area contributed by atoms with E-state index >= 15 is 0 Å². The summed E-state index contributed by atoms with van der Waals surface area (Å²) in [6, 6.07) is 4.16. The third kappa shape index (κ3) is 4.00. The molecule has 2 atom stereocenters. The zero-order valence-electron chi connectivity index (χ0n) is 9.82. The maximum absolute atomic E-state index is 5.83. The first-order chi connectivity index (χ1) is 7.27. The van der Waals surface area contributed by atoms with E-state index in [1.165, 1.54) is 24.8 Å². The fraction of sp³-hybridized carbons (Fsp3) is 0.615. The molecule has 0 fully saturated rings. The summed E-state index contributed by atoms with van der Waals surface area (Å²) in [5.74, 6) is 1.26.